The second-order valence-corrected chi connectivity index (χ2v) is 4.05. The molecule has 6 heteroatoms. The van der Waals surface area contributed by atoms with Crippen molar-refractivity contribution in [3.8, 4) is 5.75 Å². The predicted octanol–water partition coefficient (Wildman–Crippen LogP) is 2.82. The van der Waals surface area contributed by atoms with E-state index in [1.54, 1.807) is 0 Å². The largest absolute Gasteiger partial charge is 0.487 e. The van der Waals surface area contributed by atoms with Gasteiger partial charge in [0.25, 0.3) is 0 Å². The molecule has 2 aromatic rings. The van der Waals surface area contributed by atoms with E-state index >= 15 is 0 Å². The smallest absolute Gasteiger partial charge is 0.335 e. The highest BCUT2D eigenvalue weighted by Crippen LogP contribution is 2.24. The molecule has 104 valence electrons. The fraction of sp³-hybridized carbons (Fsp3) is 0.0714. The van der Waals surface area contributed by atoms with Gasteiger partial charge in [0, 0.05) is 0 Å². The Morgan fingerprint density at radius 2 is 1.85 bits per heavy atom. The van der Waals surface area contributed by atoms with Crippen molar-refractivity contribution >= 4 is 11.7 Å². The molecule has 4 nitrogen and oxygen atoms in total. The van der Waals surface area contributed by atoms with Crippen LogP contribution >= 0.6 is 0 Å². The molecule has 0 unspecified atom stereocenters. The zero-order chi connectivity index (χ0) is 14.7. The third-order valence-electron chi connectivity index (χ3n) is 2.69. The molecule has 0 bridgehead atoms. The molecule has 0 heterocycles. The molecule has 0 saturated carbocycles. The lowest BCUT2D eigenvalue weighted by atomic mass is 10.2. The second-order valence-electron chi connectivity index (χ2n) is 4.05. The van der Waals surface area contributed by atoms with Crippen molar-refractivity contribution in [3.63, 3.8) is 0 Å². The number of nitrogen functional groups attached to an aromatic ring is 1. The topological polar surface area (TPSA) is 72.6 Å². The maximum Gasteiger partial charge on any atom is 0.335 e. The summed E-state index contributed by atoms with van der Waals surface area (Å²) in [6, 6.07) is 7.36. The van der Waals surface area contributed by atoms with Gasteiger partial charge in [-0.15, -0.1) is 0 Å². The summed E-state index contributed by atoms with van der Waals surface area (Å²) >= 11 is 0. The Hall–Kier alpha value is -2.63. The molecule has 0 aromatic heterocycles. The van der Waals surface area contributed by atoms with Gasteiger partial charge in [-0.3, -0.25) is 0 Å². The molecule has 0 radical (unpaired) electrons. The van der Waals surface area contributed by atoms with Gasteiger partial charge in [-0.25, -0.2) is 13.6 Å². The number of anilines is 1. The number of carboxylic acids is 1. The van der Waals surface area contributed by atoms with Crippen LogP contribution in [0.15, 0.2) is 36.4 Å². The van der Waals surface area contributed by atoms with Gasteiger partial charge >= 0.3 is 5.97 Å². The van der Waals surface area contributed by atoms with Crippen LogP contribution in [0.4, 0.5) is 14.5 Å². The first-order valence-corrected chi connectivity index (χ1v) is 5.67. The fourth-order valence-corrected chi connectivity index (χ4v) is 1.63. The molecular formula is C14H11F2NO3. The van der Waals surface area contributed by atoms with Crippen LogP contribution in [-0.2, 0) is 6.61 Å². The second kappa shape index (κ2) is 5.56. The zero-order valence-electron chi connectivity index (χ0n) is 10.3. The number of hydrogen-bond acceptors (Lipinski definition) is 3. The van der Waals surface area contributed by atoms with E-state index in [1.807, 2.05) is 0 Å². The molecule has 3 N–H and O–H groups in total. The Kier molecular flexibility index (Phi) is 3.84. The Morgan fingerprint density at radius 1 is 1.20 bits per heavy atom. The highest BCUT2D eigenvalue weighted by Gasteiger charge is 2.11. The number of nitrogens with two attached hydrogens (primary N) is 1. The number of benzene rings is 2. The summed E-state index contributed by atoms with van der Waals surface area (Å²) in [6.45, 7) is -0.338. The van der Waals surface area contributed by atoms with Crippen LogP contribution in [0.5, 0.6) is 5.75 Å². The lowest BCUT2D eigenvalue weighted by molar-refractivity contribution is 0.0697. The van der Waals surface area contributed by atoms with Crippen molar-refractivity contribution in [3.05, 3.63) is 59.2 Å². The first kappa shape index (κ1) is 13.8. The molecule has 2 rings (SSSR count). The molecule has 0 atom stereocenters. The average molecular weight is 279 g/mol. The van der Waals surface area contributed by atoms with E-state index in [0.717, 1.165) is 12.1 Å². The maximum atomic E-state index is 13.4. The van der Waals surface area contributed by atoms with Gasteiger partial charge in [0.15, 0.2) is 0 Å². The van der Waals surface area contributed by atoms with E-state index in [-0.39, 0.29) is 29.2 Å². The summed E-state index contributed by atoms with van der Waals surface area (Å²) in [5, 5.41) is 8.79. The van der Waals surface area contributed by atoms with Crippen LogP contribution in [0.2, 0.25) is 0 Å². The van der Waals surface area contributed by atoms with Gasteiger partial charge in [0.05, 0.1) is 16.8 Å². The number of rotatable bonds is 4. The minimum atomic E-state index is -1.12. The van der Waals surface area contributed by atoms with Crippen molar-refractivity contribution in [2.45, 2.75) is 6.61 Å². The number of carboxylic acid groups (broad SMARTS) is 1. The summed E-state index contributed by atoms with van der Waals surface area (Å²) in [5.74, 6) is -2.39. The predicted molar refractivity (Wildman–Crippen MR) is 68.5 cm³/mol. The molecule has 20 heavy (non-hydrogen) atoms. The maximum absolute atomic E-state index is 13.4. The van der Waals surface area contributed by atoms with Crippen molar-refractivity contribution in [2.75, 3.05) is 5.73 Å². The Balaban J connectivity index is 2.17. The molecular weight excluding hydrogens is 268 g/mol. The fourth-order valence-electron chi connectivity index (χ4n) is 1.63. The van der Waals surface area contributed by atoms with E-state index in [2.05, 4.69) is 0 Å². The molecule has 0 aliphatic carbocycles. The first-order chi connectivity index (χ1) is 9.49. The van der Waals surface area contributed by atoms with Crippen LogP contribution in [0, 0.1) is 11.6 Å². The average Bonchev–Trinajstić information content (AvgIpc) is 2.39. The SMILES string of the molecule is Nc1cc(C(=O)O)ccc1OCc1c(F)cccc1F. The van der Waals surface area contributed by atoms with E-state index in [1.165, 1.54) is 24.3 Å². The van der Waals surface area contributed by atoms with Crippen LogP contribution < -0.4 is 10.5 Å². The summed E-state index contributed by atoms with van der Waals surface area (Å²) in [5.41, 5.74) is 5.50. The standard InChI is InChI=1S/C14H11F2NO3/c15-10-2-1-3-11(16)9(10)7-20-13-5-4-8(14(18)19)6-12(13)17/h1-6H,7,17H2,(H,18,19). The Labute approximate surface area is 113 Å². The lowest BCUT2D eigenvalue weighted by Crippen LogP contribution is -2.04. The summed E-state index contributed by atoms with van der Waals surface area (Å²) in [7, 11) is 0. The van der Waals surface area contributed by atoms with Gasteiger partial charge in [-0.2, -0.15) is 0 Å². The van der Waals surface area contributed by atoms with Crippen LogP contribution in [0.3, 0.4) is 0 Å². The molecule has 0 saturated heterocycles. The van der Waals surface area contributed by atoms with Gasteiger partial charge in [0.2, 0.25) is 0 Å². The van der Waals surface area contributed by atoms with Gasteiger partial charge in [-0.1, -0.05) is 6.07 Å². The van der Waals surface area contributed by atoms with Crippen LogP contribution in [0.1, 0.15) is 15.9 Å². The summed E-state index contributed by atoms with van der Waals surface area (Å²) in [4.78, 5) is 10.7. The lowest BCUT2D eigenvalue weighted by Gasteiger charge is -2.10. The van der Waals surface area contributed by atoms with E-state index in [0.29, 0.717) is 0 Å². The Bertz CT molecular complexity index is 639. The van der Waals surface area contributed by atoms with Gasteiger partial charge in [0.1, 0.15) is 24.0 Å². The monoisotopic (exact) mass is 279 g/mol. The van der Waals surface area contributed by atoms with E-state index in [9.17, 15) is 13.6 Å². The molecule has 0 aliphatic heterocycles. The number of aromatic carboxylic acids is 1. The van der Waals surface area contributed by atoms with Crippen LogP contribution in [-0.4, -0.2) is 11.1 Å². The van der Waals surface area contributed by atoms with E-state index < -0.39 is 17.6 Å². The van der Waals surface area contributed by atoms with Crippen LogP contribution in [0.25, 0.3) is 0 Å². The molecule has 0 spiro atoms. The van der Waals surface area contributed by atoms with Gasteiger partial charge < -0.3 is 15.6 Å². The van der Waals surface area contributed by atoms with Crippen molar-refractivity contribution in [2.24, 2.45) is 0 Å². The highest BCUT2D eigenvalue weighted by molar-refractivity contribution is 5.89. The van der Waals surface area contributed by atoms with Crippen molar-refractivity contribution < 1.29 is 23.4 Å². The molecule has 2 aromatic carbocycles. The minimum absolute atomic E-state index is 0.00641. The number of halogens is 2. The quantitative estimate of drug-likeness (QED) is 0.844. The highest BCUT2D eigenvalue weighted by atomic mass is 19.1. The summed E-state index contributed by atoms with van der Waals surface area (Å²) in [6.07, 6.45) is 0. The molecule has 0 amide bonds. The van der Waals surface area contributed by atoms with Gasteiger partial charge in [-0.05, 0) is 30.3 Å². The van der Waals surface area contributed by atoms with Crippen molar-refractivity contribution in [1.29, 1.82) is 0 Å². The van der Waals surface area contributed by atoms with Crippen molar-refractivity contribution in [1.82, 2.24) is 0 Å². The Morgan fingerprint density at radius 3 is 2.40 bits per heavy atom. The number of carbonyl (C=O) groups is 1. The van der Waals surface area contributed by atoms with E-state index in [4.69, 9.17) is 15.6 Å². The summed E-state index contributed by atoms with van der Waals surface area (Å²) < 4.78 is 32.0. The molecule has 0 fully saturated rings. The normalized spacial score (nSPS) is 10.3. The minimum Gasteiger partial charge on any atom is -0.487 e. The first-order valence-electron chi connectivity index (χ1n) is 5.67. The molecule has 0 aliphatic rings. The third kappa shape index (κ3) is 2.85. The number of hydrogen-bond donors (Lipinski definition) is 2. The third-order valence-corrected chi connectivity index (χ3v) is 2.69. The zero-order valence-corrected chi connectivity index (χ0v) is 10.3. The number of ether oxygens (including phenoxy) is 1.